The molecule has 2 amide bonds. The molecule has 3 rings (SSSR count). The lowest BCUT2D eigenvalue weighted by Gasteiger charge is -2.17. The normalized spacial score (nSPS) is 11.9. The van der Waals surface area contributed by atoms with Crippen molar-refractivity contribution < 1.29 is 19.5 Å². The Kier molecular flexibility index (Phi) is 8.07. The van der Waals surface area contributed by atoms with Gasteiger partial charge in [0.1, 0.15) is 11.7 Å². The van der Waals surface area contributed by atoms with Crippen molar-refractivity contribution in [3.8, 4) is 0 Å². The summed E-state index contributed by atoms with van der Waals surface area (Å²) in [7, 11) is 0. The number of nitrogens with zero attached hydrogens (tertiary/aromatic N) is 2. The fourth-order valence-electron chi connectivity index (χ4n) is 3.16. The highest BCUT2D eigenvalue weighted by molar-refractivity contribution is 6.03. The summed E-state index contributed by atoms with van der Waals surface area (Å²) in [4.78, 5) is 46.0. The van der Waals surface area contributed by atoms with E-state index in [0.717, 1.165) is 17.0 Å². The van der Waals surface area contributed by atoms with Crippen LogP contribution in [0.15, 0.2) is 78.6 Å². The highest BCUT2D eigenvalue weighted by Gasteiger charge is 2.23. The molecule has 0 unspecified atom stereocenters. The number of hydrogen-bond donors (Lipinski definition) is 4. The van der Waals surface area contributed by atoms with Gasteiger partial charge in [0.2, 0.25) is 5.95 Å². The van der Waals surface area contributed by atoms with E-state index in [0.29, 0.717) is 5.56 Å². The number of carboxylic acids is 1. The number of aliphatic carboxylic acids is 1. The lowest BCUT2D eigenvalue weighted by atomic mass is 10.1. The lowest BCUT2D eigenvalue weighted by molar-refractivity contribution is -0.141. The van der Waals surface area contributed by atoms with Crippen molar-refractivity contribution in [1.29, 1.82) is 0 Å². The van der Waals surface area contributed by atoms with E-state index in [1.165, 1.54) is 6.20 Å². The summed E-state index contributed by atoms with van der Waals surface area (Å²) in [5, 5.41) is 17.5. The first kappa shape index (κ1) is 24.1. The van der Waals surface area contributed by atoms with Crippen molar-refractivity contribution in [2.75, 3.05) is 5.32 Å². The number of carbonyl (C=O) groups is 3. The van der Waals surface area contributed by atoms with Crippen LogP contribution in [0.2, 0.25) is 0 Å². The van der Waals surface area contributed by atoms with E-state index in [-0.39, 0.29) is 18.1 Å². The molecule has 0 aliphatic heterocycles. The Bertz CT molecular complexity index is 1180. The molecule has 2 aromatic carbocycles. The number of amides is 2. The second-order valence-corrected chi connectivity index (χ2v) is 7.55. The molecule has 0 spiro atoms. The van der Waals surface area contributed by atoms with E-state index in [9.17, 15) is 19.5 Å². The second-order valence-electron chi connectivity index (χ2n) is 7.55. The maximum Gasteiger partial charge on any atom is 0.326 e. The number of aryl methyl sites for hydroxylation is 2. The molecule has 0 saturated heterocycles. The highest BCUT2D eigenvalue weighted by Crippen LogP contribution is 2.07. The molecule has 0 fully saturated rings. The summed E-state index contributed by atoms with van der Waals surface area (Å²) in [5.74, 6) is -2.27. The molecule has 174 valence electrons. The van der Waals surface area contributed by atoms with Gasteiger partial charge in [0.25, 0.3) is 11.8 Å². The molecular formula is C25H25N5O4. The molecule has 0 saturated carbocycles. The standard InChI is InChI=1S/C25H25N5O4/c1-16-13-17(2)28-25(27-16)26-15-21(30-22(31)19-11-7-4-8-12-19)23(32)29-20(24(33)34)14-18-9-5-3-6-10-18/h3-13,15,20H,14H2,1-2H3,(H,29,32)(H,30,31)(H,33,34)(H,26,27,28)/b21-15-/t20-/m0/s1. The van der Waals surface area contributed by atoms with Crippen LogP contribution in [0.1, 0.15) is 27.3 Å². The monoisotopic (exact) mass is 459 g/mol. The molecule has 1 heterocycles. The fourth-order valence-corrected chi connectivity index (χ4v) is 3.16. The third kappa shape index (κ3) is 6.99. The predicted octanol–water partition coefficient (Wildman–Crippen LogP) is 2.59. The topological polar surface area (TPSA) is 133 Å². The molecule has 34 heavy (non-hydrogen) atoms. The minimum Gasteiger partial charge on any atom is -0.480 e. The maximum absolute atomic E-state index is 13.0. The van der Waals surface area contributed by atoms with Crippen LogP contribution in [0.25, 0.3) is 0 Å². The molecule has 9 heteroatoms. The zero-order valence-electron chi connectivity index (χ0n) is 18.8. The summed E-state index contributed by atoms with van der Waals surface area (Å²) in [6, 6.07) is 17.9. The van der Waals surface area contributed by atoms with Gasteiger partial charge in [0, 0.05) is 29.6 Å². The molecule has 0 bridgehead atoms. The predicted molar refractivity (Wildman–Crippen MR) is 127 cm³/mol. The van der Waals surface area contributed by atoms with Gasteiger partial charge < -0.3 is 21.1 Å². The Hall–Kier alpha value is -4.53. The SMILES string of the molecule is Cc1cc(C)nc(N/C=C(\NC(=O)c2ccccc2)C(=O)N[C@@H](Cc2ccccc2)C(=O)O)n1. The quantitative estimate of drug-likeness (QED) is 0.362. The summed E-state index contributed by atoms with van der Waals surface area (Å²) >= 11 is 0. The van der Waals surface area contributed by atoms with E-state index in [1.54, 1.807) is 74.5 Å². The van der Waals surface area contributed by atoms with Crippen LogP contribution in [0.3, 0.4) is 0 Å². The van der Waals surface area contributed by atoms with E-state index in [1.807, 2.05) is 6.07 Å². The first-order valence-electron chi connectivity index (χ1n) is 10.5. The van der Waals surface area contributed by atoms with Crippen molar-refractivity contribution in [1.82, 2.24) is 20.6 Å². The Balaban J connectivity index is 1.83. The highest BCUT2D eigenvalue weighted by atomic mass is 16.4. The Morgan fingerprint density at radius 2 is 1.53 bits per heavy atom. The van der Waals surface area contributed by atoms with Crippen LogP contribution in [0.4, 0.5) is 5.95 Å². The van der Waals surface area contributed by atoms with Crippen LogP contribution in [-0.2, 0) is 16.0 Å². The van der Waals surface area contributed by atoms with Crippen molar-refractivity contribution in [3.63, 3.8) is 0 Å². The minimum atomic E-state index is -1.20. The van der Waals surface area contributed by atoms with Crippen LogP contribution in [0.5, 0.6) is 0 Å². The first-order valence-corrected chi connectivity index (χ1v) is 10.5. The van der Waals surface area contributed by atoms with Crippen molar-refractivity contribution >= 4 is 23.7 Å². The maximum atomic E-state index is 13.0. The molecule has 3 aromatic rings. The Labute approximate surface area is 197 Å². The van der Waals surface area contributed by atoms with Gasteiger partial charge in [-0.15, -0.1) is 0 Å². The van der Waals surface area contributed by atoms with Crippen LogP contribution < -0.4 is 16.0 Å². The van der Waals surface area contributed by atoms with Crippen LogP contribution in [0, 0.1) is 13.8 Å². The number of hydrogen-bond acceptors (Lipinski definition) is 6. The van der Waals surface area contributed by atoms with Gasteiger partial charge in [-0.1, -0.05) is 48.5 Å². The van der Waals surface area contributed by atoms with Gasteiger partial charge in [-0.2, -0.15) is 0 Å². The third-order valence-corrected chi connectivity index (χ3v) is 4.74. The van der Waals surface area contributed by atoms with Crippen LogP contribution >= 0.6 is 0 Å². The average Bonchev–Trinajstić information content (AvgIpc) is 2.81. The number of rotatable bonds is 9. The number of aromatic nitrogens is 2. The second kappa shape index (κ2) is 11.4. The van der Waals surface area contributed by atoms with Gasteiger partial charge in [-0.3, -0.25) is 9.59 Å². The largest absolute Gasteiger partial charge is 0.480 e. The Morgan fingerprint density at radius 3 is 2.12 bits per heavy atom. The van der Waals surface area contributed by atoms with Gasteiger partial charge in [0.05, 0.1) is 0 Å². The first-order chi connectivity index (χ1) is 16.3. The van der Waals surface area contributed by atoms with Gasteiger partial charge in [0.15, 0.2) is 0 Å². The number of anilines is 1. The van der Waals surface area contributed by atoms with Crippen molar-refractivity contribution in [2.45, 2.75) is 26.3 Å². The molecule has 0 aliphatic rings. The summed E-state index contributed by atoms with van der Waals surface area (Å²) in [6.07, 6.45) is 1.32. The third-order valence-electron chi connectivity index (χ3n) is 4.74. The molecule has 1 atom stereocenters. The van der Waals surface area contributed by atoms with E-state index >= 15 is 0 Å². The van der Waals surface area contributed by atoms with E-state index in [4.69, 9.17) is 0 Å². The van der Waals surface area contributed by atoms with Crippen molar-refractivity contribution in [2.24, 2.45) is 0 Å². The van der Waals surface area contributed by atoms with Crippen LogP contribution in [-0.4, -0.2) is 38.9 Å². The molecule has 0 aliphatic carbocycles. The number of nitrogens with one attached hydrogen (secondary N) is 3. The minimum absolute atomic E-state index is 0.0788. The zero-order valence-corrected chi connectivity index (χ0v) is 18.8. The van der Waals surface area contributed by atoms with Crippen molar-refractivity contribution in [3.05, 3.63) is 101 Å². The van der Waals surface area contributed by atoms with Gasteiger partial charge in [-0.25, -0.2) is 14.8 Å². The molecular weight excluding hydrogens is 434 g/mol. The van der Waals surface area contributed by atoms with Gasteiger partial charge in [-0.05, 0) is 37.6 Å². The number of carboxylic acid groups (broad SMARTS) is 1. The summed E-state index contributed by atoms with van der Waals surface area (Å²) in [6.45, 7) is 3.60. The molecule has 9 nitrogen and oxygen atoms in total. The van der Waals surface area contributed by atoms with E-state index < -0.39 is 23.8 Å². The average molecular weight is 460 g/mol. The molecule has 4 N–H and O–H groups in total. The number of carbonyl (C=O) groups excluding carboxylic acids is 2. The van der Waals surface area contributed by atoms with E-state index in [2.05, 4.69) is 25.9 Å². The summed E-state index contributed by atoms with van der Waals surface area (Å²) in [5.41, 5.74) is 2.34. The fraction of sp³-hybridized carbons (Fsp3) is 0.160. The summed E-state index contributed by atoms with van der Waals surface area (Å²) < 4.78 is 0. The zero-order chi connectivity index (χ0) is 24.5. The molecule has 0 radical (unpaired) electrons. The molecule has 1 aromatic heterocycles. The smallest absolute Gasteiger partial charge is 0.326 e. The van der Waals surface area contributed by atoms with Gasteiger partial charge >= 0.3 is 5.97 Å². The lowest BCUT2D eigenvalue weighted by Crippen LogP contribution is -2.45. The number of benzene rings is 2. The Morgan fingerprint density at radius 1 is 0.941 bits per heavy atom.